The summed E-state index contributed by atoms with van der Waals surface area (Å²) in [5.41, 5.74) is 4.48. The number of benzene rings is 2. The van der Waals surface area contributed by atoms with Crippen LogP contribution >= 0.6 is 0 Å². The molecule has 0 saturated carbocycles. The normalized spacial score (nSPS) is 15.1. The minimum atomic E-state index is -0.576. The van der Waals surface area contributed by atoms with E-state index in [0.29, 0.717) is 34.5 Å². The third-order valence-corrected chi connectivity index (χ3v) is 6.47. The molecule has 0 aliphatic carbocycles. The van der Waals surface area contributed by atoms with Crippen LogP contribution in [-0.2, 0) is 29.0 Å². The van der Waals surface area contributed by atoms with Gasteiger partial charge < -0.3 is 20.3 Å². The van der Waals surface area contributed by atoms with E-state index in [9.17, 15) is 19.8 Å². The van der Waals surface area contributed by atoms with Crippen molar-refractivity contribution in [1.82, 2.24) is 10.3 Å². The van der Waals surface area contributed by atoms with Crippen LogP contribution < -0.4 is 10.2 Å². The summed E-state index contributed by atoms with van der Waals surface area (Å²) in [6, 6.07) is 12.2. The molecule has 0 spiro atoms. The van der Waals surface area contributed by atoms with E-state index in [1.807, 2.05) is 24.3 Å². The number of aromatic hydroxyl groups is 1. The van der Waals surface area contributed by atoms with Gasteiger partial charge in [-0.05, 0) is 55.5 Å². The fraction of sp³-hybridized carbons (Fsp3) is 0.321. The second-order valence-electron chi connectivity index (χ2n) is 9.12. The largest absolute Gasteiger partial charge is 0.506 e. The van der Waals surface area contributed by atoms with Crippen molar-refractivity contribution in [2.45, 2.75) is 45.8 Å². The molecule has 0 unspecified atom stereocenters. The Morgan fingerprint density at radius 1 is 1.22 bits per heavy atom. The Bertz CT molecular complexity index is 1300. The summed E-state index contributed by atoms with van der Waals surface area (Å²) < 4.78 is 20.3. The summed E-state index contributed by atoms with van der Waals surface area (Å²) in [6.07, 6.45) is 2.65. The van der Waals surface area contributed by atoms with E-state index in [-0.39, 0.29) is 31.4 Å². The number of amides is 2. The number of aliphatic hydroxyl groups excluding tert-OH is 1. The Kier molecular flexibility index (Phi) is 8.03. The zero-order valence-corrected chi connectivity index (χ0v) is 20.8. The van der Waals surface area contributed by atoms with Gasteiger partial charge in [-0.3, -0.25) is 14.7 Å². The number of anilines is 1. The molecule has 2 aromatic carbocycles. The number of cyclic esters (lactones) is 1. The first kappa shape index (κ1) is 26.1. The van der Waals surface area contributed by atoms with Crippen LogP contribution in [0.5, 0.6) is 5.75 Å². The van der Waals surface area contributed by atoms with Crippen molar-refractivity contribution in [2.75, 3.05) is 18.0 Å². The Morgan fingerprint density at radius 2 is 1.97 bits per heavy atom. The highest BCUT2D eigenvalue weighted by molar-refractivity contribution is 5.90. The lowest BCUT2D eigenvalue weighted by Gasteiger charge is -2.15. The van der Waals surface area contributed by atoms with E-state index in [0.717, 1.165) is 24.0 Å². The highest BCUT2D eigenvalue weighted by Crippen LogP contribution is 2.30. The molecule has 4 rings (SSSR count). The molecule has 194 valence electrons. The average molecular weight is 508 g/mol. The van der Waals surface area contributed by atoms with Gasteiger partial charge in [0.15, 0.2) is 0 Å². The summed E-state index contributed by atoms with van der Waals surface area (Å²) >= 11 is 0. The zero-order chi connectivity index (χ0) is 26.5. The molecule has 1 aromatic heterocycles. The number of nitrogens with one attached hydrogen (secondary N) is 1. The molecule has 0 bridgehead atoms. The number of rotatable bonds is 9. The molecule has 1 saturated heterocycles. The molecule has 1 aliphatic heterocycles. The van der Waals surface area contributed by atoms with E-state index in [1.165, 1.54) is 17.9 Å². The number of aromatic nitrogens is 1. The maximum atomic E-state index is 15.0. The number of hydrogen-bond acceptors (Lipinski definition) is 6. The Morgan fingerprint density at radius 3 is 2.65 bits per heavy atom. The van der Waals surface area contributed by atoms with Gasteiger partial charge in [0.2, 0.25) is 5.91 Å². The second-order valence-corrected chi connectivity index (χ2v) is 9.12. The lowest BCUT2D eigenvalue weighted by Crippen LogP contribution is -2.33. The number of aliphatic hydroxyl groups is 1. The molecule has 1 atom stereocenters. The SMILES string of the molecule is CC(=O)NC[C@H]1CN(c2ccc(-c3ccc(CCCc4c(CO)cnc(C)c4O)cc3)c(F)c2)C(=O)O1. The fourth-order valence-corrected chi connectivity index (χ4v) is 4.42. The van der Waals surface area contributed by atoms with Crippen LogP contribution in [0.15, 0.2) is 48.7 Å². The van der Waals surface area contributed by atoms with Gasteiger partial charge in [-0.15, -0.1) is 0 Å². The first-order chi connectivity index (χ1) is 17.8. The number of halogens is 1. The predicted molar refractivity (Wildman–Crippen MR) is 137 cm³/mol. The monoisotopic (exact) mass is 507 g/mol. The van der Waals surface area contributed by atoms with E-state index >= 15 is 4.39 Å². The highest BCUT2D eigenvalue weighted by Gasteiger charge is 2.32. The number of carbonyl (C=O) groups is 2. The second kappa shape index (κ2) is 11.4. The van der Waals surface area contributed by atoms with Crippen LogP contribution in [0.4, 0.5) is 14.9 Å². The lowest BCUT2D eigenvalue weighted by atomic mass is 9.98. The fourth-order valence-electron chi connectivity index (χ4n) is 4.42. The van der Waals surface area contributed by atoms with Crippen LogP contribution in [0.25, 0.3) is 11.1 Å². The van der Waals surface area contributed by atoms with Crippen molar-refractivity contribution in [1.29, 1.82) is 0 Å². The molecular formula is C28H30FN3O5. The van der Waals surface area contributed by atoms with Crippen molar-refractivity contribution in [3.05, 3.63) is 76.9 Å². The number of ether oxygens (including phenoxy) is 1. The minimum absolute atomic E-state index is 0.131. The van der Waals surface area contributed by atoms with E-state index in [1.54, 1.807) is 25.3 Å². The molecule has 8 nitrogen and oxygen atoms in total. The summed E-state index contributed by atoms with van der Waals surface area (Å²) in [6.45, 7) is 3.37. The molecule has 2 amide bonds. The van der Waals surface area contributed by atoms with Crippen molar-refractivity contribution < 1.29 is 28.9 Å². The van der Waals surface area contributed by atoms with Crippen molar-refractivity contribution in [2.24, 2.45) is 0 Å². The third kappa shape index (κ3) is 6.06. The molecule has 3 N–H and O–H groups in total. The van der Waals surface area contributed by atoms with Crippen LogP contribution in [0.1, 0.15) is 35.7 Å². The van der Waals surface area contributed by atoms with Crippen LogP contribution in [0, 0.1) is 12.7 Å². The molecule has 3 aromatic rings. The van der Waals surface area contributed by atoms with E-state index < -0.39 is 18.0 Å². The number of hydrogen-bond donors (Lipinski definition) is 3. The molecule has 0 radical (unpaired) electrons. The van der Waals surface area contributed by atoms with Gasteiger partial charge in [-0.1, -0.05) is 24.3 Å². The number of pyridine rings is 1. The van der Waals surface area contributed by atoms with Crippen molar-refractivity contribution >= 4 is 17.7 Å². The molecular weight excluding hydrogens is 477 g/mol. The summed E-state index contributed by atoms with van der Waals surface area (Å²) in [5, 5.41) is 22.5. The van der Waals surface area contributed by atoms with Gasteiger partial charge in [0.25, 0.3) is 0 Å². The van der Waals surface area contributed by atoms with Gasteiger partial charge in [-0.25, -0.2) is 9.18 Å². The highest BCUT2D eigenvalue weighted by atomic mass is 19.1. The van der Waals surface area contributed by atoms with Gasteiger partial charge in [-0.2, -0.15) is 0 Å². The van der Waals surface area contributed by atoms with E-state index in [4.69, 9.17) is 4.74 Å². The average Bonchev–Trinajstić information content (AvgIpc) is 3.26. The minimum Gasteiger partial charge on any atom is -0.506 e. The summed E-state index contributed by atoms with van der Waals surface area (Å²) in [7, 11) is 0. The number of nitrogens with zero attached hydrogens (tertiary/aromatic N) is 2. The first-order valence-corrected chi connectivity index (χ1v) is 12.2. The zero-order valence-electron chi connectivity index (χ0n) is 20.8. The molecule has 37 heavy (non-hydrogen) atoms. The maximum Gasteiger partial charge on any atom is 0.414 e. The van der Waals surface area contributed by atoms with Gasteiger partial charge >= 0.3 is 6.09 Å². The van der Waals surface area contributed by atoms with Crippen molar-refractivity contribution in [3.63, 3.8) is 0 Å². The molecule has 1 aliphatic rings. The number of aryl methyl sites for hydroxylation is 2. The van der Waals surface area contributed by atoms with Crippen LogP contribution in [-0.4, -0.2) is 46.4 Å². The number of carbonyl (C=O) groups excluding carboxylic acids is 2. The van der Waals surface area contributed by atoms with Crippen molar-refractivity contribution in [3.8, 4) is 16.9 Å². The predicted octanol–water partition coefficient (Wildman–Crippen LogP) is 4.03. The Balaban J connectivity index is 1.38. The van der Waals surface area contributed by atoms with Crippen LogP contribution in [0.3, 0.4) is 0 Å². The van der Waals surface area contributed by atoms with E-state index in [2.05, 4.69) is 10.3 Å². The summed E-state index contributed by atoms with van der Waals surface area (Å²) in [5.74, 6) is -0.537. The lowest BCUT2D eigenvalue weighted by molar-refractivity contribution is -0.119. The molecule has 9 heteroatoms. The smallest absolute Gasteiger partial charge is 0.414 e. The standard InChI is InChI=1S/C28H30FN3O5/c1-17-27(35)25(21(16-33)13-30-17)5-3-4-19-6-8-20(9-7-19)24-11-10-22(12-26(24)29)32-15-23(37-28(32)36)14-31-18(2)34/h6-13,23,33,35H,3-5,14-16H2,1-2H3,(H,31,34)/t23-/m0/s1. The van der Waals surface area contributed by atoms with Gasteiger partial charge in [0.05, 0.1) is 31.1 Å². The van der Waals surface area contributed by atoms with Crippen LogP contribution in [0.2, 0.25) is 0 Å². The molecule has 2 heterocycles. The molecule has 1 fully saturated rings. The summed E-state index contributed by atoms with van der Waals surface area (Å²) in [4.78, 5) is 28.8. The third-order valence-electron chi connectivity index (χ3n) is 6.47. The quantitative estimate of drug-likeness (QED) is 0.403. The first-order valence-electron chi connectivity index (χ1n) is 12.2. The van der Waals surface area contributed by atoms with Gasteiger partial charge in [0, 0.05) is 29.8 Å². The Labute approximate surface area is 214 Å². The Hall–Kier alpha value is -3.98. The van der Waals surface area contributed by atoms with Gasteiger partial charge in [0.1, 0.15) is 17.7 Å². The topological polar surface area (TPSA) is 112 Å². The maximum absolute atomic E-state index is 15.0.